The molecule has 1 aliphatic heterocycles. The SMILES string of the molecule is CN=C(NCc1ccc(CN(C)C)cc1)N1CCc2cc(OC)c(OC)cc2C1. The van der Waals surface area contributed by atoms with Gasteiger partial charge >= 0.3 is 0 Å². The van der Waals surface area contributed by atoms with Crippen molar-refractivity contribution in [3.05, 3.63) is 58.7 Å². The van der Waals surface area contributed by atoms with Crippen molar-refractivity contribution in [2.75, 3.05) is 41.9 Å². The van der Waals surface area contributed by atoms with Crippen molar-refractivity contribution >= 4 is 5.96 Å². The van der Waals surface area contributed by atoms with Gasteiger partial charge in [-0.3, -0.25) is 4.99 Å². The Bertz CT molecular complexity index is 847. The summed E-state index contributed by atoms with van der Waals surface area (Å²) in [6.45, 7) is 3.43. The van der Waals surface area contributed by atoms with Gasteiger partial charge in [0.15, 0.2) is 17.5 Å². The Hall–Kier alpha value is -2.73. The van der Waals surface area contributed by atoms with Gasteiger partial charge in [-0.25, -0.2) is 0 Å². The predicted molar refractivity (Wildman–Crippen MR) is 118 cm³/mol. The first-order valence-corrected chi connectivity index (χ1v) is 9.96. The van der Waals surface area contributed by atoms with Crippen LogP contribution in [0.2, 0.25) is 0 Å². The number of hydrogen-bond donors (Lipinski definition) is 1. The third-order valence-corrected chi connectivity index (χ3v) is 5.20. The van der Waals surface area contributed by atoms with Crippen molar-refractivity contribution in [1.29, 1.82) is 0 Å². The standard InChI is InChI=1S/C23H32N4O2/c1-24-23(25-14-17-6-8-18(9-7-17)15-26(2)3)27-11-10-19-12-21(28-4)22(29-5)13-20(19)16-27/h6-9,12-13H,10-11,14-16H2,1-5H3,(H,24,25). The molecule has 0 atom stereocenters. The number of aliphatic imine (C=N–C) groups is 1. The number of nitrogens with one attached hydrogen (secondary N) is 1. The van der Waals surface area contributed by atoms with Crippen LogP contribution in [-0.4, -0.2) is 57.7 Å². The first kappa shape index (κ1) is 21.0. The highest BCUT2D eigenvalue weighted by Gasteiger charge is 2.21. The molecule has 3 rings (SSSR count). The maximum absolute atomic E-state index is 5.47. The minimum absolute atomic E-state index is 0.754. The molecule has 0 amide bonds. The molecule has 6 nitrogen and oxygen atoms in total. The number of guanidine groups is 1. The second-order valence-corrected chi connectivity index (χ2v) is 7.60. The molecular weight excluding hydrogens is 364 g/mol. The summed E-state index contributed by atoms with van der Waals surface area (Å²) in [7, 11) is 9.36. The zero-order valence-corrected chi connectivity index (χ0v) is 18.2. The van der Waals surface area contributed by atoms with Gasteiger partial charge < -0.3 is 24.6 Å². The summed E-state index contributed by atoms with van der Waals surface area (Å²) < 4.78 is 10.9. The molecule has 0 unspecified atom stereocenters. The minimum atomic E-state index is 0.754. The lowest BCUT2D eigenvalue weighted by Crippen LogP contribution is -2.43. The van der Waals surface area contributed by atoms with E-state index in [4.69, 9.17) is 9.47 Å². The second-order valence-electron chi connectivity index (χ2n) is 7.60. The van der Waals surface area contributed by atoms with Gasteiger partial charge in [-0.2, -0.15) is 0 Å². The van der Waals surface area contributed by atoms with Crippen LogP contribution < -0.4 is 14.8 Å². The molecule has 0 radical (unpaired) electrons. The average molecular weight is 397 g/mol. The summed E-state index contributed by atoms with van der Waals surface area (Å²) in [4.78, 5) is 8.96. The predicted octanol–water partition coefficient (Wildman–Crippen LogP) is 2.90. The van der Waals surface area contributed by atoms with E-state index in [-0.39, 0.29) is 0 Å². The van der Waals surface area contributed by atoms with E-state index < -0.39 is 0 Å². The molecule has 0 saturated carbocycles. The van der Waals surface area contributed by atoms with E-state index in [1.807, 2.05) is 7.05 Å². The van der Waals surface area contributed by atoms with Gasteiger partial charge in [0.2, 0.25) is 0 Å². The van der Waals surface area contributed by atoms with Crippen LogP contribution in [0.4, 0.5) is 0 Å². The maximum atomic E-state index is 5.47. The molecule has 2 aromatic rings. The zero-order valence-electron chi connectivity index (χ0n) is 18.2. The van der Waals surface area contributed by atoms with Gasteiger partial charge in [-0.1, -0.05) is 24.3 Å². The van der Waals surface area contributed by atoms with Crippen molar-refractivity contribution in [3.63, 3.8) is 0 Å². The highest BCUT2D eigenvalue weighted by molar-refractivity contribution is 5.80. The second kappa shape index (κ2) is 9.65. The molecule has 2 aromatic carbocycles. The summed E-state index contributed by atoms with van der Waals surface area (Å²) >= 11 is 0. The lowest BCUT2D eigenvalue weighted by atomic mass is 9.99. The molecule has 1 aliphatic rings. The fourth-order valence-electron chi connectivity index (χ4n) is 3.71. The van der Waals surface area contributed by atoms with E-state index in [2.05, 4.69) is 70.6 Å². The number of ether oxygens (including phenoxy) is 2. The van der Waals surface area contributed by atoms with Crippen LogP contribution in [0.25, 0.3) is 0 Å². The normalized spacial score (nSPS) is 14.0. The molecule has 1 N–H and O–H groups in total. The van der Waals surface area contributed by atoms with Crippen LogP contribution in [-0.2, 0) is 26.1 Å². The van der Waals surface area contributed by atoms with E-state index in [0.717, 1.165) is 50.1 Å². The van der Waals surface area contributed by atoms with E-state index in [0.29, 0.717) is 0 Å². The lowest BCUT2D eigenvalue weighted by Gasteiger charge is -2.32. The quantitative estimate of drug-likeness (QED) is 0.601. The molecule has 6 heteroatoms. The largest absolute Gasteiger partial charge is 0.493 e. The molecule has 156 valence electrons. The fourth-order valence-corrected chi connectivity index (χ4v) is 3.71. The summed E-state index contributed by atoms with van der Waals surface area (Å²) in [5.74, 6) is 2.48. The molecule has 0 spiro atoms. The molecule has 0 fully saturated rings. The third-order valence-electron chi connectivity index (χ3n) is 5.20. The van der Waals surface area contributed by atoms with E-state index in [1.54, 1.807) is 14.2 Å². The van der Waals surface area contributed by atoms with Crippen molar-refractivity contribution in [3.8, 4) is 11.5 Å². The molecule has 0 aromatic heterocycles. The number of hydrogen-bond acceptors (Lipinski definition) is 4. The van der Waals surface area contributed by atoms with Crippen molar-refractivity contribution in [2.45, 2.75) is 26.1 Å². The molecule has 0 bridgehead atoms. The summed E-state index contributed by atoms with van der Waals surface area (Å²) in [5, 5.41) is 3.51. The van der Waals surface area contributed by atoms with Gasteiger partial charge in [-0.05, 0) is 54.9 Å². The number of benzene rings is 2. The number of fused-ring (bicyclic) bond motifs is 1. The number of methoxy groups -OCH3 is 2. The minimum Gasteiger partial charge on any atom is -0.493 e. The topological polar surface area (TPSA) is 49.3 Å². The van der Waals surface area contributed by atoms with Crippen LogP contribution in [0.1, 0.15) is 22.3 Å². The Balaban J connectivity index is 1.64. The van der Waals surface area contributed by atoms with Gasteiger partial charge in [0.1, 0.15) is 0 Å². The van der Waals surface area contributed by atoms with Crippen LogP contribution in [0.5, 0.6) is 11.5 Å². The summed E-state index contributed by atoms with van der Waals surface area (Å²) in [6, 6.07) is 12.9. The fraction of sp³-hybridized carbons (Fsp3) is 0.435. The molecule has 1 heterocycles. The third kappa shape index (κ3) is 5.21. The molecule has 0 saturated heterocycles. The van der Waals surface area contributed by atoms with Crippen LogP contribution in [0.3, 0.4) is 0 Å². The Labute approximate surface area is 174 Å². The maximum Gasteiger partial charge on any atom is 0.194 e. The highest BCUT2D eigenvalue weighted by Crippen LogP contribution is 2.33. The summed E-state index contributed by atoms with van der Waals surface area (Å²) in [6.07, 6.45) is 0.954. The summed E-state index contributed by atoms with van der Waals surface area (Å²) in [5.41, 5.74) is 5.13. The van der Waals surface area contributed by atoms with Gasteiger partial charge in [-0.15, -0.1) is 0 Å². The highest BCUT2D eigenvalue weighted by atomic mass is 16.5. The van der Waals surface area contributed by atoms with Crippen molar-refractivity contribution < 1.29 is 9.47 Å². The smallest absolute Gasteiger partial charge is 0.194 e. The van der Waals surface area contributed by atoms with E-state index in [1.165, 1.54) is 22.3 Å². The number of rotatable bonds is 6. The van der Waals surface area contributed by atoms with Crippen molar-refractivity contribution in [1.82, 2.24) is 15.1 Å². The van der Waals surface area contributed by atoms with Crippen LogP contribution in [0, 0.1) is 0 Å². The number of nitrogens with zero attached hydrogens (tertiary/aromatic N) is 3. The van der Waals surface area contributed by atoms with E-state index in [9.17, 15) is 0 Å². The van der Waals surface area contributed by atoms with Gasteiger partial charge in [0.05, 0.1) is 14.2 Å². The molecule has 29 heavy (non-hydrogen) atoms. The Kier molecular flexibility index (Phi) is 6.99. The first-order chi connectivity index (χ1) is 14.0. The van der Waals surface area contributed by atoms with Crippen molar-refractivity contribution in [2.24, 2.45) is 4.99 Å². The lowest BCUT2D eigenvalue weighted by molar-refractivity contribution is 0.346. The Morgan fingerprint density at radius 1 is 1.03 bits per heavy atom. The zero-order chi connectivity index (χ0) is 20.8. The van der Waals surface area contributed by atoms with Gasteiger partial charge in [0.25, 0.3) is 0 Å². The molecule has 0 aliphatic carbocycles. The Morgan fingerprint density at radius 3 is 2.24 bits per heavy atom. The first-order valence-electron chi connectivity index (χ1n) is 9.96. The van der Waals surface area contributed by atoms with Crippen LogP contribution in [0.15, 0.2) is 41.4 Å². The van der Waals surface area contributed by atoms with Gasteiger partial charge in [0, 0.05) is 33.2 Å². The molecular formula is C23H32N4O2. The Morgan fingerprint density at radius 2 is 1.66 bits per heavy atom. The van der Waals surface area contributed by atoms with Crippen LogP contribution >= 0.6 is 0 Å². The van der Waals surface area contributed by atoms with E-state index >= 15 is 0 Å². The average Bonchev–Trinajstić information content (AvgIpc) is 2.73. The monoisotopic (exact) mass is 396 g/mol.